The maximum atomic E-state index is 11.3. The molecule has 0 bridgehead atoms. The molecular weight excluding hydrogens is 342 g/mol. The maximum absolute atomic E-state index is 11.3. The first kappa shape index (κ1) is 25.9. The van der Waals surface area contributed by atoms with E-state index in [0.717, 1.165) is 12.8 Å². The number of aliphatic hydroxyl groups excluding tert-OH is 1. The third kappa shape index (κ3) is 16.8. The Labute approximate surface area is 166 Å². The molecule has 2 N–H and O–H groups in total. The van der Waals surface area contributed by atoms with Crippen molar-refractivity contribution in [3.63, 3.8) is 0 Å². The van der Waals surface area contributed by atoms with E-state index < -0.39 is 12.1 Å². The number of rotatable bonds is 18. The van der Waals surface area contributed by atoms with E-state index in [1.807, 2.05) is 0 Å². The van der Waals surface area contributed by atoms with Crippen LogP contribution in [0.3, 0.4) is 0 Å². The second kappa shape index (κ2) is 18.3. The van der Waals surface area contributed by atoms with Gasteiger partial charge in [-0.2, -0.15) is 0 Å². The van der Waals surface area contributed by atoms with Gasteiger partial charge in [-0.15, -0.1) is 0 Å². The first-order chi connectivity index (χ1) is 13.0. The largest absolute Gasteiger partial charge is 0.460 e. The number of unbranched alkanes of at least 4 members (excludes halogenated alkanes) is 12. The molecule has 0 fully saturated rings. The van der Waals surface area contributed by atoms with Gasteiger partial charge in [0.05, 0.1) is 12.6 Å². The quantitative estimate of drug-likeness (QED) is 0.260. The van der Waals surface area contributed by atoms with Gasteiger partial charge in [0.25, 0.3) is 0 Å². The molecular formula is C22H43NO4. The SMILES string of the molecule is CCCCCCCCCCCCCCC[C@H](OC(C)=O)[C@H](CO)NC(C)=O. The lowest BCUT2D eigenvalue weighted by Gasteiger charge is -2.25. The Hall–Kier alpha value is -1.10. The number of carbonyl (C=O) groups is 2. The van der Waals surface area contributed by atoms with E-state index in [2.05, 4.69) is 12.2 Å². The van der Waals surface area contributed by atoms with Crippen LogP contribution in [-0.2, 0) is 14.3 Å². The summed E-state index contributed by atoms with van der Waals surface area (Å²) in [5, 5.41) is 12.1. The minimum atomic E-state index is -0.524. The number of nitrogens with one attached hydrogen (secondary N) is 1. The topological polar surface area (TPSA) is 75.6 Å². The van der Waals surface area contributed by atoms with Gasteiger partial charge in [0.15, 0.2) is 0 Å². The summed E-state index contributed by atoms with van der Waals surface area (Å²) in [5.41, 5.74) is 0. The average molecular weight is 386 g/mol. The second-order valence-corrected chi connectivity index (χ2v) is 7.67. The second-order valence-electron chi connectivity index (χ2n) is 7.67. The van der Waals surface area contributed by atoms with E-state index >= 15 is 0 Å². The van der Waals surface area contributed by atoms with Crippen molar-refractivity contribution in [3.05, 3.63) is 0 Å². The molecule has 0 aliphatic heterocycles. The normalized spacial score (nSPS) is 13.2. The average Bonchev–Trinajstić information content (AvgIpc) is 2.62. The van der Waals surface area contributed by atoms with Crippen LogP contribution >= 0.6 is 0 Å². The predicted molar refractivity (Wildman–Crippen MR) is 111 cm³/mol. The van der Waals surface area contributed by atoms with Crippen molar-refractivity contribution in [2.45, 2.75) is 123 Å². The summed E-state index contributed by atoms with van der Waals surface area (Å²) in [6.07, 6.45) is 16.9. The van der Waals surface area contributed by atoms with Crippen LogP contribution in [0, 0.1) is 0 Å². The van der Waals surface area contributed by atoms with Gasteiger partial charge < -0.3 is 15.2 Å². The van der Waals surface area contributed by atoms with Crippen LogP contribution in [0.2, 0.25) is 0 Å². The number of carbonyl (C=O) groups excluding carboxylic acids is 2. The molecule has 0 aromatic heterocycles. The summed E-state index contributed by atoms with van der Waals surface area (Å²) in [6.45, 7) is 4.79. The lowest BCUT2D eigenvalue weighted by molar-refractivity contribution is -0.149. The van der Waals surface area contributed by atoms with E-state index in [1.165, 1.54) is 84.5 Å². The summed E-state index contributed by atoms with van der Waals surface area (Å²) >= 11 is 0. The molecule has 0 saturated carbocycles. The van der Waals surface area contributed by atoms with Crippen LogP contribution in [0.1, 0.15) is 111 Å². The van der Waals surface area contributed by atoms with Crippen LogP contribution in [-0.4, -0.2) is 35.7 Å². The molecule has 0 rings (SSSR count). The highest BCUT2D eigenvalue weighted by atomic mass is 16.5. The van der Waals surface area contributed by atoms with Gasteiger partial charge >= 0.3 is 5.97 Å². The van der Waals surface area contributed by atoms with Crippen LogP contribution in [0.25, 0.3) is 0 Å². The number of ether oxygens (including phenoxy) is 1. The monoisotopic (exact) mass is 385 g/mol. The minimum absolute atomic E-state index is 0.225. The van der Waals surface area contributed by atoms with Crippen molar-refractivity contribution >= 4 is 11.9 Å². The summed E-state index contributed by atoms with van der Waals surface area (Å²) in [4.78, 5) is 22.5. The van der Waals surface area contributed by atoms with Gasteiger partial charge in [0.2, 0.25) is 5.91 Å². The zero-order valence-electron chi connectivity index (χ0n) is 17.9. The molecule has 27 heavy (non-hydrogen) atoms. The van der Waals surface area contributed by atoms with Gasteiger partial charge in [-0.3, -0.25) is 9.59 Å². The molecule has 0 saturated heterocycles. The third-order valence-electron chi connectivity index (χ3n) is 4.94. The summed E-state index contributed by atoms with van der Waals surface area (Å²) in [7, 11) is 0. The molecule has 0 aliphatic carbocycles. The first-order valence-corrected chi connectivity index (χ1v) is 11.1. The molecule has 5 heteroatoms. The molecule has 0 unspecified atom stereocenters. The van der Waals surface area contributed by atoms with Crippen molar-refractivity contribution in [1.82, 2.24) is 5.32 Å². The van der Waals surface area contributed by atoms with Crippen LogP contribution in [0.4, 0.5) is 0 Å². The predicted octanol–water partition coefficient (Wildman–Crippen LogP) is 4.90. The Bertz CT molecular complexity index is 373. The smallest absolute Gasteiger partial charge is 0.302 e. The minimum Gasteiger partial charge on any atom is -0.460 e. The molecule has 0 heterocycles. The molecule has 0 aliphatic rings. The Balaban J connectivity index is 3.73. The van der Waals surface area contributed by atoms with Crippen molar-refractivity contribution in [2.75, 3.05) is 6.61 Å². The van der Waals surface area contributed by atoms with E-state index in [4.69, 9.17) is 4.74 Å². The third-order valence-corrected chi connectivity index (χ3v) is 4.94. The highest BCUT2D eigenvalue weighted by Crippen LogP contribution is 2.15. The van der Waals surface area contributed by atoms with E-state index in [-0.39, 0.29) is 18.5 Å². The Morgan fingerprint density at radius 1 is 0.815 bits per heavy atom. The van der Waals surface area contributed by atoms with Gasteiger partial charge in [0.1, 0.15) is 6.10 Å². The molecule has 5 nitrogen and oxygen atoms in total. The fourth-order valence-electron chi connectivity index (χ4n) is 3.44. The zero-order valence-corrected chi connectivity index (χ0v) is 17.9. The lowest BCUT2D eigenvalue weighted by atomic mass is 10.0. The highest BCUT2D eigenvalue weighted by Gasteiger charge is 2.24. The number of aliphatic hydroxyl groups is 1. The summed E-state index contributed by atoms with van der Waals surface area (Å²) in [5.74, 6) is -0.602. The number of esters is 1. The molecule has 0 aromatic carbocycles. The summed E-state index contributed by atoms with van der Waals surface area (Å²) in [6, 6.07) is -0.524. The van der Waals surface area contributed by atoms with Gasteiger partial charge in [-0.05, 0) is 12.8 Å². The van der Waals surface area contributed by atoms with Crippen molar-refractivity contribution in [3.8, 4) is 0 Å². The van der Waals surface area contributed by atoms with Gasteiger partial charge in [0, 0.05) is 13.8 Å². The summed E-state index contributed by atoms with van der Waals surface area (Å²) < 4.78 is 5.30. The standard InChI is InChI=1S/C22H43NO4/c1-4-5-6-7-8-9-10-11-12-13-14-15-16-17-22(27-20(3)26)21(18-24)23-19(2)25/h21-22,24H,4-18H2,1-3H3,(H,23,25)/t21-,22-/m0/s1. The zero-order chi connectivity index (χ0) is 20.3. The van der Waals surface area contributed by atoms with Gasteiger partial charge in [-0.25, -0.2) is 0 Å². The van der Waals surface area contributed by atoms with Gasteiger partial charge in [-0.1, -0.05) is 84.0 Å². The van der Waals surface area contributed by atoms with E-state index in [9.17, 15) is 14.7 Å². The Kier molecular flexibility index (Phi) is 17.5. The van der Waals surface area contributed by atoms with Crippen molar-refractivity contribution < 1.29 is 19.4 Å². The van der Waals surface area contributed by atoms with Crippen LogP contribution < -0.4 is 5.32 Å². The van der Waals surface area contributed by atoms with E-state index in [0.29, 0.717) is 6.42 Å². The number of hydrogen-bond donors (Lipinski definition) is 2. The maximum Gasteiger partial charge on any atom is 0.302 e. The van der Waals surface area contributed by atoms with Crippen molar-refractivity contribution in [2.24, 2.45) is 0 Å². The molecule has 0 aromatic rings. The number of hydrogen-bond acceptors (Lipinski definition) is 4. The number of amides is 1. The Morgan fingerprint density at radius 2 is 1.26 bits per heavy atom. The highest BCUT2D eigenvalue weighted by molar-refractivity contribution is 5.73. The van der Waals surface area contributed by atoms with E-state index in [1.54, 1.807) is 0 Å². The molecule has 2 atom stereocenters. The fourth-order valence-corrected chi connectivity index (χ4v) is 3.44. The van der Waals surface area contributed by atoms with Crippen molar-refractivity contribution in [1.29, 1.82) is 0 Å². The van der Waals surface area contributed by atoms with Crippen LogP contribution in [0.15, 0.2) is 0 Å². The van der Waals surface area contributed by atoms with Crippen LogP contribution in [0.5, 0.6) is 0 Å². The molecule has 0 spiro atoms. The molecule has 160 valence electrons. The molecule has 0 radical (unpaired) electrons. The molecule has 1 amide bonds. The first-order valence-electron chi connectivity index (χ1n) is 11.1. The fraction of sp³-hybridized carbons (Fsp3) is 0.909. The lowest BCUT2D eigenvalue weighted by Crippen LogP contribution is -2.46. The Morgan fingerprint density at radius 3 is 1.63 bits per heavy atom.